The van der Waals surface area contributed by atoms with E-state index in [0.29, 0.717) is 6.42 Å². The number of rotatable bonds is 22. The van der Waals surface area contributed by atoms with Gasteiger partial charge in [0.1, 0.15) is 60.9 Å². The smallest absolute Gasteiger partial charge is 0.330 e. The molecule has 0 bridgehead atoms. The van der Waals surface area contributed by atoms with Crippen LogP contribution in [0.2, 0.25) is 0 Å². The molecular formula is C40H66N4O16. The molecule has 1 aromatic rings. The zero-order valence-electron chi connectivity index (χ0n) is 34.5. The molecule has 4 rings (SSSR count). The number of hydrogen-bond donors (Lipinski definition) is 11. The molecule has 1 aromatic heterocycles. The number of allylic oxidation sites excluding steroid dienone is 1. The lowest BCUT2D eigenvalue weighted by molar-refractivity contribution is -0.346. The van der Waals surface area contributed by atoms with E-state index in [1.807, 2.05) is 4.98 Å². The second-order valence-corrected chi connectivity index (χ2v) is 16.5. The Kier molecular flexibility index (Phi) is 19.7. The number of nitrogens with one attached hydrogen (secondary N) is 3. The van der Waals surface area contributed by atoms with E-state index in [4.69, 9.17) is 18.9 Å². The van der Waals surface area contributed by atoms with Gasteiger partial charge in [0.05, 0.1) is 18.8 Å². The fourth-order valence-corrected chi connectivity index (χ4v) is 7.80. The summed E-state index contributed by atoms with van der Waals surface area (Å²) in [7, 11) is 0. The Bertz CT molecular complexity index is 1630. The number of aliphatic hydroxyl groups excluding tert-OH is 8. The van der Waals surface area contributed by atoms with Gasteiger partial charge in [0.15, 0.2) is 18.8 Å². The molecule has 342 valence electrons. The maximum absolute atomic E-state index is 13.2. The molecule has 2 unspecified atom stereocenters. The van der Waals surface area contributed by atoms with Crippen molar-refractivity contribution < 1.29 is 69.4 Å². The number of aromatic nitrogens is 2. The van der Waals surface area contributed by atoms with Crippen LogP contribution in [-0.4, -0.2) is 155 Å². The van der Waals surface area contributed by atoms with Crippen LogP contribution in [0.3, 0.4) is 0 Å². The van der Waals surface area contributed by atoms with Crippen molar-refractivity contribution in [1.29, 1.82) is 0 Å². The molecule has 3 saturated heterocycles. The quantitative estimate of drug-likeness (QED) is 0.0458. The third kappa shape index (κ3) is 13.7. The highest BCUT2D eigenvalue weighted by molar-refractivity contribution is 5.87. The summed E-state index contributed by atoms with van der Waals surface area (Å²) >= 11 is 0. The summed E-state index contributed by atoms with van der Waals surface area (Å²) in [5.74, 6) is -0.604. The summed E-state index contributed by atoms with van der Waals surface area (Å²) in [5, 5.41) is 91.5. The highest BCUT2D eigenvalue weighted by Gasteiger charge is 2.53. The number of aromatic amines is 1. The zero-order valence-corrected chi connectivity index (χ0v) is 34.5. The third-order valence-corrected chi connectivity index (χ3v) is 11.2. The first-order chi connectivity index (χ1) is 28.5. The van der Waals surface area contributed by atoms with Gasteiger partial charge in [-0.25, -0.2) is 4.79 Å². The second-order valence-electron chi connectivity index (χ2n) is 16.5. The van der Waals surface area contributed by atoms with Gasteiger partial charge < -0.3 is 70.4 Å². The van der Waals surface area contributed by atoms with Gasteiger partial charge in [0, 0.05) is 25.6 Å². The molecule has 3 aliphatic rings. The Labute approximate surface area is 348 Å². The van der Waals surface area contributed by atoms with Crippen molar-refractivity contribution in [3.05, 3.63) is 45.3 Å². The number of H-pyrrole nitrogens is 1. The number of hydrogen-bond acceptors (Lipinski definition) is 16. The van der Waals surface area contributed by atoms with Gasteiger partial charge in [0.2, 0.25) is 11.8 Å². The van der Waals surface area contributed by atoms with Crippen molar-refractivity contribution in [3.63, 3.8) is 0 Å². The van der Waals surface area contributed by atoms with Crippen LogP contribution in [0.25, 0.3) is 0 Å². The molecule has 3 fully saturated rings. The number of carbonyl (C=O) groups is 2. The van der Waals surface area contributed by atoms with Gasteiger partial charge in [-0.1, -0.05) is 77.7 Å². The SMILES string of the molecule is CC(=O)N[C@@H]1[C@H](O[C@@H]2O[C@H](CC(O)C3O[C@@H](n4ccc(=O)[nH]c4=O)[C@H](O)[C@@H]3O)[C@H](O)[C@H](O)[C@H]2NC(=O)/C=C\CCCCCCCCCCCC(C)C)O[C@@H](CO)[C@H](O)[C@H]1O. The molecule has 60 heavy (non-hydrogen) atoms. The van der Waals surface area contributed by atoms with Crippen molar-refractivity contribution in [3.8, 4) is 0 Å². The van der Waals surface area contributed by atoms with E-state index in [2.05, 4.69) is 24.5 Å². The van der Waals surface area contributed by atoms with Crippen LogP contribution in [0.15, 0.2) is 34.0 Å². The maximum atomic E-state index is 13.2. The predicted molar refractivity (Wildman–Crippen MR) is 212 cm³/mol. The minimum atomic E-state index is -1.85. The van der Waals surface area contributed by atoms with Gasteiger partial charge in [-0.3, -0.25) is 23.9 Å². The molecule has 0 aliphatic carbocycles. The molecule has 15 atom stereocenters. The predicted octanol–water partition coefficient (Wildman–Crippen LogP) is -1.70. The van der Waals surface area contributed by atoms with Crippen molar-refractivity contribution in [2.24, 2.45) is 5.92 Å². The Balaban J connectivity index is 1.42. The maximum Gasteiger partial charge on any atom is 0.330 e. The minimum absolute atomic E-state index is 0.597. The van der Waals surface area contributed by atoms with E-state index in [-0.39, 0.29) is 0 Å². The molecule has 20 heteroatoms. The van der Waals surface area contributed by atoms with Crippen molar-refractivity contribution in [1.82, 2.24) is 20.2 Å². The highest BCUT2D eigenvalue weighted by Crippen LogP contribution is 2.34. The minimum Gasteiger partial charge on any atom is -0.394 e. The molecule has 11 N–H and O–H groups in total. The summed E-state index contributed by atoms with van der Waals surface area (Å²) in [6.45, 7) is 4.83. The number of nitrogens with zero attached hydrogens (tertiary/aromatic N) is 1. The normalized spacial score (nSPS) is 33.9. The van der Waals surface area contributed by atoms with E-state index in [1.165, 1.54) is 44.6 Å². The Morgan fingerprint density at radius 2 is 1.37 bits per heavy atom. The average molecular weight is 859 g/mol. The lowest BCUT2D eigenvalue weighted by Gasteiger charge is -2.47. The lowest BCUT2D eigenvalue weighted by Crippen LogP contribution is -2.68. The van der Waals surface area contributed by atoms with E-state index in [1.54, 1.807) is 6.08 Å². The first kappa shape index (κ1) is 49.5. The Morgan fingerprint density at radius 3 is 1.95 bits per heavy atom. The summed E-state index contributed by atoms with van der Waals surface area (Å²) in [6, 6.07) is -2.01. The van der Waals surface area contributed by atoms with Crippen LogP contribution < -0.4 is 21.9 Å². The molecule has 0 radical (unpaired) electrons. The molecule has 3 aliphatic heterocycles. The van der Waals surface area contributed by atoms with Crippen LogP contribution >= 0.6 is 0 Å². The lowest BCUT2D eigenvalue weighted by atomic mass is 9.91. The number of carbonyl (C=O) groups excluding carboxylic acids is 2. The summed E-state index contributed by atoms with van der Waals surface area (Å²) in [5.41, 5.74) is -1.68. The standard InChI is InChI=1S/C40H66N4O16/c1-21(2)15-13-11-9-7-5-4-6-8-10-12-14-16-26(48)42-29-33(53)30(50)24(57-39(29)60-38-28(41-22(3)46)32(52)31(51)25(20-45)58-38)19-23(47)36-34(54)35(55)37(59-36)44-18-17-27(49)43-40(44)56/h14,16-18,21,23-25,28-39,45,47,50-55H,4-13,15,19-20H2,1-3H3,(H,41,46)(H,42,48)(H,43,49,56)/b16-14-/t23?,24-,25+,28+,29-,30+,31+,32+,33-,34+,35-,36?,37-,38+,39+/m1/s1. The van der Waals surface area contributed by atoms with E-state index in [9.17, 15) is 60.0 Å². The fourth-order valence-electron chi connectivity index (χ4n) is 7.80. The van der Waals surface area contributed by atoms with Crippen molar-refractivity contribution in [2.75, 3.05) is 6.61 Å². The fraction of sp³-hybridized carbons (Fsp3) is 0.800. The Hall–Kier alpha value is -3.12. The molecule has 0 spiro atoms. The summed E-state index contributed by atoms with van der Waals surface area (Å²) in [6.07, 6.45) is -6.31. The van der Waals surface area contributed by atoms with Crippen LogP contribution in [0.4, 0.5) is 0 Å². The first-order valence-corrected chi connectivity index (χ1v) is 21.1. The molecule has 0 saturated carbocycles. The van der Waals surface area contributed by atoms with E-state index < -0.39 is 128 Å². The van der Waals surface area contributed by atoms with Gasteiger partial charge in [0.25, 0.3) is 5.56 Å². The topological polar surface area (TPSA) is 312 Å². The summed E-state index contributed by atoms with van der Waals surface area (Å²) < 4.78 is 24.1. The zero-order chi connectivity index (χ0) is 44.1. The van der Waals surface area contributed by atoms with Crippen molar-refractivity contribution in [2.45, 2.75) is 190 Å². The number of aliphatic hydroxyl groups is 8. The number of ether oxygens (including phenoxy) is 4. The average Bonchev–Trinajstić information content (AvgIpc) is 3.49. The van der Waals surface area contributed by atoms with E-state index >= 15 is 0 Å². The highest BCUT2D eigenvalue weighted by atomic mass is 16.8. The first-order valence-electron chi connectivity index (χ1n) is 21.1. The number of amides is 2. The van der Waals surface area contributed by atoms with Crippen LogP contribution in [0.5, 0.6) is 0 Å². The van der Waals surface area contributed by atoms with Crippen LogP contribution in [0.1, 0.15) is 104 Å². The van der Waals surface area contributed by atoms with Crippen molar-refractivity contribution >= 4 is 11.8 Å². The third-order valence-electron chi connectivity index (χ3n) is 11.2. The number of unbranched alkanes of at least 4 members (excludes halogenated alkanes) is 9. The van der Waals surface area contributed by atoms with Crippen LogP contribution in [-0.2, 0) is 28.5 Å². The largest absolute Gasteiger partial charge is 0.394 e. The molecule has 4 heterocycles. The molecule has 0 aromatic carbocycles. The molecular weight excluding hydrogens is 792 g/mol. The summed E-state index contributed by atoms with van der Waals surface area (Å²) in [4.78, 5) is 51.2. The van der Waals surface area contributed by atoms with Gasteiger partial charge in [-0.05, 0) is 24.8 Å². The van der Waals surface area contributed by atoms with E-state index in [0.717, 1.165) is 55.4 Å². The second kappa shape index (κ2) is 23.9. The van der Waals surface area contributed by atoms with Gasteiger partial charge >= 0.3 is 5.69 Å². The molecule has 20 nitrogen and oxygen atoms in total. The monoisotopic (exact) mass is 858 g/mol. The van der Waals surface area contributed by atoms with Gasteiger partial charge in [-0.15, -0.1) is 0 Å². The van der Waals surface area contributed by atoms with Crippen LogP contribution in [0, 0.1) is 5.92 Å². The molecule has 2 amide bonds. The van der Waals surface area contributed by atoms with Gasteiger partial charge in [-0.2, -0.15) is 0 Å². The Morgan fingerprint density at radius 1 is 0.800 bits per heavy atom.